The molecule has 5 aliphatic carbocycles. The van der Waals surface area contributed by atoms with Gasteiger partial charge in [-0.25, -0.2) is 0 Å². The number of halogens is 2. The molecule has 0 aromatic heterocycles. The third-order valence-corrected chi connectivity index (χ3v) is 22.9. The van der Waals surface area contributed by atoms with Gasteiger partial charge in [0.2, 0.25) is 0 Å². The second-order valence-electron chi connectivity index (χ2n) is 24.9. The van der Waals surface area contributed by atoms with Gasteiger partial charge < -0.3 is 0 Å². The van der Waals surface area contributed by atoms with Crippen molar-refractivity contribution in [1.82, 2.24) is 0 Å². The highest BCUT2D eigenvalue weighted by molar-refractivity contribution is 14.1. The van der Waals surface area contributed by atoms with Crippen LogP contribution in [0.2, 0.25) is 0 Å². The van der Waals surface area contributed by atoms with Crippen LogP contribution in [0.25, 0.3) is 0 Å². The zero-order valence-electron chi connectivity index (χ0n) is 46.1. The molecule has 5 aliphatic rings. The Kier molecular flexibility index (Phi) is 20.5. The second-order valence-corrected chi connectivity index (χ2v) is 27.9. The molecule has 0 heterocycles. The molecule has 0 radical (unpaired) electrons. The predicted octanol–water partition coefficient (Wildman–Crippen LogP) is 20.7. The first kappa shape index (κ1) is 56.8. The molecule has 0 bridgehead atoms. The van der Waals surface area contributed by atoms with Gasteiger partial charge in [-0.3, -0.25) is 0 Å². The number of benzene rings is 4. The van der Waals surface area contributed by atoms with E-state index in [1.54, 1.807) is 33.4 Å². The summed E-state index contributed by atoms with van der Waals surface area (Å²) in [5.74, 6) is 1.72. The van der Waals surface area contributed by atoms with Crippen LogP contribution in [0.1, 0.15) is 200 Å². The standard InChI is InChI=1S/2C17H23I.2C17H24/c1-16(2)14-9-8-12-6-4-5-7-13(12)17(14,3)11-10-15(16)18;1-13-9-12-16(18)17(2,3)15(13)11-10-14-7-5-4-6-8-14;1-16(2)11-6-12-17(3)14-8-5-4-7-13(14)9-10-15(16)17;1-15(2)9-7-10-16(3)11-8-14-17-12-5-4-6-13-17/h4-7,14-15H,8-11H2,1-3H3;4-8,16H,9-12H2,1-3H3;4-5,7-8,15H,6,9-12H2,1-3H3;4-6,9,11-13H,7-8,10,14H2,1-3H3/b;;;16-11+/t14-,15-,17+;16-;15-,17+;/m000./s1. The van der Waals surface area contributed by atoms with Gasteiger partial charge in [-0.2, -0.15) is 0 Å². The Morgan fingerprint density at radius 3 is 1.64 bits per heavy atom. The van der Waals surface area contributed by atoms with Gasteiger partial charge in [0, 0.05) is 7.85 Å². The zero-order chi connectivity index (χ0) is 50.7. The first-order valence-electron chi connectivity index (χ1n) is 27.7. The van der Waals surface area contributed by atoms with E-state index in [2.05, 4.69) is 250 Å². The van der Waals surface area contributed by atoms with Crippen LogP contribution < -0.4 is 0 Å². The lowest BCUT2D eigenvalue weighted by Crippen LogP contribution is -2.52. The number of fused-ring (bicyclic) bond motifs is 6. The van der Waals surface area contributed by atoms with Crippen LogP contribution in [0, 0.1) is 28.1 Å². The summed E-state index contributed by atoms with van der Waals surface area (Å²) < 4.78 is 1.61. The molecule has 0 nitrogen and oxygen atoms in total. The van der Waals surface area contributed by atoms with Gasteiger partial charge in [-0.1, -0.05) is 251 Å². The van der Waals surface area contributed by atoms with Crippen LogP contribution in [-0.4, -0.2) is 7.85 Å². The van der Waals surface area contributed by atoms with E-state index in [-0.39, 0.29) is 0 Å². The highest BCUT2D eigenvalue weighted by Crippen LogP contribution is 2.59. The summed E-state index contributed by atoms with van der Waals surface area (Å²) in [6.07, 6.45) is 26.7. The molecule has 380 valence electrons. The average molecular weight is 1170 g/mol. The quantitative estimate of drug-likeness (QED) is 0.0890. The summed E-state index contributed by atoms with van der Waals surface area (Å²) in [4.78, 5) is 0. The van der Waals surface area contributed by atoms with Gasteiger partial charge in [0.1, 0.15) is 0 Å². The topological polar surface area (TPSA) is 0 Å². The normalized spacial score (nSPS) is 26.9. The van der Waals surface area contributed by atoms with E-state index < -0.39 is 0 Å². The fourth-order valence-electron chi connectivity index (χ4n) is 14.2. The Morgan fingerprint density at radius 2 is 1.06 bits per heavy atom. The summed E-state index contributed by atoms with van der Waals surface area (Å²) in [6, 6.07) is 39.9. The Bertz CT molecular complexity index is 2350. The van der Waals surface area contributed by atoms with Gasteiger partial charge in [0.15, 0.2) is 0 Å². The molecule has 0 spiro atoms. The van der Waals surface area contributed by atoms with E-state index in [4.69, 9.17) is 0 Å². The maximum Gasteiger partial charge on any atom is 0.0201 e. The second kappa shape index (κ2) is 25.2. The molecule has 0 saturated heterocycles. The Balaban J connectivity index is 0.000000153. The molecular formula is C68H94I2. The van der Waals surface area contributed by atoms with Gasteiger partial charge in [-0.05, 0) is 203 Å². The summed E-state index contributed by atoms with van der Waals surface area (Å²) in [7, 11) is 0. The summed E-state index contributed by atoms with van der Waals surface area (Å²) in [6.45, 7) is 28.8. The smallest absolute Gasteiger partial charge is 0.0201 e. The minimum atomic E-state index is 0.373. The Labute approximate surface area is 457 Å². The van der Waals surface area contributed by atoms with Crippen molar-refractivity contribution >= 4 is 45.2 Å². The third kappa shape index (κ3) is 14.0. The molecular weight excluding hydrogens is 1070 g/mol. The maximum absolute atomic E-state index is 2.69. The highest BCUT2D eigenvalue weighted by Gasteiger charge is 2.53. The molecule has 9 rings (SSSR count). The molecule has 70 heavy (non-hydrogen) atoms. The minimum Gasteiger partial charge on any atom is -0.0856 e. The highest BCUT2D eigenvalue weighted by atomic mass is 127. The maximum atomic E-state index is 2.69. The summed E-state index contributed by atoms with van der Waals surface area (Å²) >= 11 is 5.34. The van der Waals surface area contributed by atoms with Crippen molar-refractivity contribution in [2.24, 2.45) is 28.1 Å². The molecule has 0 amide bonds. The molecule has 6 atom stereocenters. The number of rotatable bonds is 9. The van der Waals surface area contributed by atoms with Crippen LogP contribution in [0.15, 0.2) is 144 Å². The number of alkyl halides is 2. The van der Waals surface area contributed by atoms with Gasteiger partial charge in [-0.15, -0.1) is 0 Å². The number of hydrogen-bond acceptors (Lipinski definition) is 0. The first-order valence-corrected chi connectivity index (χ1v) is 30.2. The van der Waals surface area contributed by atoms with Crippen LogP contribution in [-0.2, 0) is 36.5 Å². The van der Waals surface area contributed by atoms with E-state index in [1.165, 1.54) is 119 Å². The predicted molar refractivity (Wildman–Crippen MR) is 325 cm³/mol. The van der Waals surface area contributed by atoms with Gasteiger partial charge in [0.05, 0.1) is 0 Å². The van der Waals surface area contributed by atoms with E-state index in [0.29, 0.717) is 27.1 Å². The Morgan fingerprint density at radius 1 is 0.529 bits per heavy atom. The molecule has 4 aromatic carbocycles. The van der Waals surface area contributed by atoms with E-state index in [9.17, 15) is 0 Å². The lowest BCUT2D eigenvalue weighted by Gasteiger charge is -2.56. The molecule has 2 saturated carbocycles. The van der Waals surface area contributed by atoms with E-state index in [0.717, 1.165) is 32.5 Å². The van der Waals surface area contributed by atoms with E-state index in [1.807, 2.05) is 0 Å². The SMILES string of the molecule is CC(C)=CCC/C(C)=C/CCc1ccccc1.CC1(C)CCC[C@]2(C)c3ccccc3CC[C@@H]12.CC1(C)[C@@H](I)CC[C@]2(C)c3ccccc3CC[C@@H]12.CC1=C(CCc2ccccc2)C(C)(C)[C@@H](I)CC1. The van der Waals surface area contributed by atoms with Crippen LogP contribution in [0.4, 0.5) is 0 Å². The number of hydrogen-bond donors (Lipinski definition) is 0. The lowest BCUT2D eigenvalue weighted by molar-refractivity contribution is 0.0407. The van der Waals surface area contributed by atoms with Crippen molar-refractivity contribution < 1.29 is 0 Å². The molecule has 0 unspecified atom stereocenters. The van der Waals surface area contributed by atoms with Crippen molar-refractivity contribution in [3.8, 4) is 0 Å². The molecule has 2 fully saturated rings. The molecule has 0 aliphatic heterocycles. The lowest BCUT2D eigenvalue weighted by atomic mass is 9.50. The summed E-state index contributed by atoms with van der Waals surface area (Å²) in [5, 5.41) is 0. The van der Waals surface area contributed by atoms with Crippen LogP contribution >= 0.6 is 45.2 Å². The average Bonchev–Trinajstić information content (AvgIpc) is 3.33. The van der Waals surface area contributed by atoms with Crippen LogP contribution in [0.5, 0.6) is 0 Å². The van der Waals surface area contributed by atoms with Gasteiger partial charge >= 0.3 is 0 Å². The third-order valence-electron chi connectivity index (χ3n) is 18.5. The zero-order valence-corrected chi connectivity index (χ0v) is 50.4. The van der Waals surface area contributed by atoms with Crippen molar-refractivity contribution in [2.75, 3.05) is 0 Å². The largest absolute Gasteiger partial charge is 0.0856 e. The summed E-state index contributed by atoms with van der Waals surface area (Å²) in [5.41, 5.74) is 17.9. The molecule has 4 aromatic rings. The van der Waals surface area contributed by atoms with Crippen molar-refractivity contribution in [2.45, 2.75) is 211 Å². The number of allylic oxidation sites excluding steroid dienone is 6. The molecule has 2 heteroatoms. The van der Waals surface area contributed by atoms with Crippen molar-refractivity contribution in [3.63, 3.8) is 0 Å². The fourth-order valence-corrected chi connectivity index (χ4v) is 15.7. The molecule has 0 N–H and O–H groups in total. The number of aryl methyl sites for hydroxylation is 4. The monoisotopic (exact) mass is 1160 g/mol. The van der Waals surface area contributed by atoms with Crippen LogP contribution in [0.3, 0.4) is 0 Å². The van der Waals surface area contributed by atoms with Crippen molar-refractivity contribution in [1.29, 1.82) is 0 Å². The minimum absolute atomic E-state index is 0.373. The van der Waals surface area contributed by atoms with Crippen molar-refractivity contribution in [3.05, 3.63) is 177 Å². The first-order chi connectivity index (χ1) is 33.2. The Hall–Kier alpha value is -2.44. The van der Waals surface area contributed by atoms with Gasteiger partial charge in [0.25, 0.3) is 0 Å². The fraction of sp³-hybridized carbons (Fsp3) is 0.559. The van der Waals surface area contributed by atoms with E-state index >= 15 is 0 Å².